The van der Waals surface area contributed by atoms with Crippen molar-refractivity contribution in [3.05, 3.63) is 30.2 Å². The maximum absolute atomic E-state index is 6.62. The van der Waals surface area contributed by atoms with Gasteiger partial charge in [0.2, 0.25) is 0 Å². The zero-order chi connectivity index (χ0) is 14.3. The van der Waals surface area contributed by atoms with E-state index >= 15 is 0 Å². The number of para-hydroxylation sites is 2. The third-order valence-electron chi connectivity index (χ3n) is 4.44. The number of rotatable bonds is 3. The molecule has 1 aliphatic rings. The molecule has 1 saturated heterocycles. The Bertz CT molecular complexity index is 564. The van der Waals surface area contributed by atoms with Crippen molar-refractivity contribution in [1.29, 1.82) is 0 Å². The summed E-state index contributed by atoms with van der Waals surface area (Å²) in [5.74, 6) is 1.50. The third kappa shape index (κ3) is 2.45. The molecule has 0 aliphatic carbocycles. The van der Waals surface area contributed by atoms with Gasteiger partial charge in [0, 0.05) is 17.7 Å². The number of hydrogen-bond acceptors (Lipinski definition) is 3. The normalized spacial score (nSPS) is 31.8. The van der Waals surface area contributed by atoms with E-state index in [9.17, 15) is 0 Å². The van der Waals surface area contributed by atoms with Crippen LogP contribution >= 0.6 is 11.6 Å². The number of hydrogen-bond donors (Lipinski definition) is 0. The lowest BCUT2D eigenvalue weighted by Crippen LogP contribution is -2.28. The fourth-order valence-corrected chi connectivity index (χ4v) is 3.79. The van der Waals surface area contributed by atoms with Gasteiger partial charge in [-0.1, -0.05) is 19.1 Å². The molecule has 0 bridgehead atoms. The predicted octanol–water partition coefficient (Wildman–Crippen LogP) is 4.04. The molecule has 2 aromatic rings. The highest BCUT2D eigenvalue weighted by molar-refractivity contribution is 6.21. The van der Waals surface area contributed by atoms with E-state index in [0.29, 0.717) is 24.1 Å². The summed E-state index contributed by atoms with van der Waals surface area (Å²) in [6, 6.07) is 7.80. The molecule has 1 aromatic heterocycles. The molecule has 0 N–H and O–H groups in total. The zero-order valence-corrected chi connectivity index (χ0v) is 12.8. The standard InChI is InChI=1S/C16H20ClNO2/c1-9-10(2)19-11(3)16(9)12(17)8-15-18-13-6-4-5-7-14(13)20-15/h4-7,9-12,16H,8H2,1-3H3. The molecule has 108 valence electrons. The number of benzene rings is 1. The van der Waals surface area contributed by atoms with E-state index in [1.165, 1.54) is 0 Å². The van der Waals surface area contributed by atoms with E-state index in [1.54, 1.807) is 0 Å². The Kier molecular flexibility index (Phi) is 3.74. The maximum atomic E-state index is 6.62. The highest BCUT2D eigenvalue weighted by atomic mass is 35.5. The Balaban J connectivity index is 1.76. The smallest absolute Gasteiger partial charge is 0.196 e. The van der Waals surface area contributed by atoms with Gasteiger partial charge in [0.15, 0.2) is 11.5 Å². The van der Waals surface area contributed by atoms with Crippen LogP contribution in [0.2, 0.25) is 0 Å². The van der Waals surface area contributed by atoms with Crippen LogP contribution in [0.25, 0.3) is 11.1 Å². The van der Waals surface area contributed by atoms with Crippen molar-refractivity contribution in [3.63, 3.8) is 0 Å². The molecule has 4 heteroatoms. The average molecular weight is 294 g/mol. The van der Waals surface area contributed by atoms with E-state index in [1.807, 2.05) is 24.3 Å². The highest BCUT2D eigenvalue weighted by Gasteiger charge is 2.41. The first kappa shape index (κ1) is 13.9. The van der Waals surface area contributed by atoms with Crippen molar-refractivity contribution in [1.82, 2.24) is 4.98 Å². The van der Waals surface area contributed by atoms with E-state index in [2.05, 4.69) is 25.8 Å². The monoisotopic (exact) mass is 293 g/mol. The molecule has 1 fully saturated rings. The minimum atomic E-state index is -0.0157. The summed E-state index contributed by atoms with van der Waals surface area (Å²) in [7, 11) is 0. The Labute approximate surface area is 124 Å². The quantitative estimate of drug-likeness (QED) is 0.801. The number of nitrogens with zero attached hydrogens (tertiary/aromatic N) is 1. The third-order valence-corrected chi connectivity index (χ3v) is 4.89. The number of alkyl halides is 1. The molecule has 0 spiro atoms. The van der Waals surface area contributed by atoms with Gasteiger partial charge < -0.3 is 9.15 Å². The summed E-state index contributed by atoms with van der Waals surface area (Å²) in [5, 5.41) is -0.0157. The van der Waals surface area contributed by atoms with Gasteiger partial charge in [0.1, 0.15) is 5.52 Å². The number of aromatic nitrogens is 1. The van der Waals surface area contributed by atoms with Crippen molar-refractivity contribution >= 4 is 22.7 Å². The molecule has 1 aliphatic heterocycles. The lowest BCUT2D eigenvalue weighted by Gasteiger charge is -2.22. The van der Waals surface area contributed by atoms with E-state index < -0.39 is 0 Å². The Morgan fingerprint density at radius 2 is 1.95 bits per heavy atom. The fourth-order valence-electron chi connectivity index (χ4n) is 3.23. The van der Waals surface area contributed by atoms with Gasteiger partial charge in [-0.15, -0.1) is 11.6 Å². The van der Waals surface area contributed by atoms with Gasteiger partial charge >= 0.3 is 0 Å². The first-order chi connectivity index (χ1) is 9.56. The lowest BCUT2D eigenvalue weighted by molar-refractivity contribution is 0.0507. The highest BCUT2D eigenvalue weighted by Crippen LogP contribution is 2.37. The van der Waals surface area contributed by atoms with Crippen molar-refractivity contribution in [3.8, 4) is 0 Å². The number of halogens is 1. The van der Waals surface area contributed by atoms with Crippen molar-refractivity contribution in [2.75, 3.05) is 0 Å². The second kappa shape index (κ2) is 5.38. The van der Waals surface area contributed by atoms with Gasteiger partial charge in [-0.05, 0) is 31.9 Å². The molecule has 20 heavy (non-hydrogen) atoms. The summed E-state index contributed by atoms with van der Waals surface area (Å²) in [6.45, 7) is 6.43. The Hall–Kier alpha value is -1.06. The van der Waals surface area contributed by atoms with Gasteiger partial charge in [-0.25, -0.2) is 4.98 Å². The molecule has 5 unspecified atom stereocenters. The largest absolute Gasteiger partial charge is 0.441 e. The predicted molar refractivity (Wildman–Crippen MR) is 80.0 cm³/mol. The summed E-state index contributed by atoms with van der Waals surface area (Å²) < 4.78 is 11.6. The van der Waals surface area contributed by atoms with Crippen LogP contribution in [-0.2, 0) is 11.2 Å². The summed E-state index contributed by atoms with van der Waals surface area (Å²) in [4.78, 5) is 4.50. The number of oxazole rings is 1. The Morgan fingerprint density at radius 3 is 2.60 bits per heavy atom. The summed E-state index contributed by atoms with van der Waals surface area (Å²) in [5.41, 5.74) is 1.71. The molecular weight excluding hydrogens is 274 g/mol. The van der Waals surface area contributed by atoms with Gasteiger partial charge in [-0.2, -0.15) is 0 Å². The first-order valence-corrected chi connectivity index (χ1v) is 7.64. The summed E-state index contributed by atoms with van der Waals surface area (Å²) in [6.07, 6.45) is 1.10. The van der Waals surface area contributed by atoms with Crippen LogP contribution in [0.1, 0.15) is 26.7 Å². The summed E-state index contributed by atoms with van der Waals surface area (Å²) >= 11 is 6.62. The maximum Gasteiger partial charge on any atom is 0.196 e. The van der Waals surface area contributed by atoms with E-state index in [0.717, 1.165) is 11.1 Å². The van der Waals surface area contributed by atoms with Gasteiger partial charge in [-0.3, -0.25) is 0 Å². The minimum Gasteiger partial charge on any atom is -0.441 e. The second-order valence-corrected chi connectivity index (χ2v) is 6.34. The zero-order valence-electron chi connectivity index (χ0n) is 12.0. The van der Waals surface area contributed by atoms with Crippen molar-refractivity contribution < 1.29 is 9.15 Å². The molecule has 2 heterocycles. The average Bonchev–Trinajstić information content (AvgIpc) is 2.90. The molecular formula is C16H20ClNO2. The molecule has 0 saturated carbocycles. The van der Waals surface area contributed by atoms with Crippen LogP contribution in [0.15, 0.2) is 28.7 Å². The molecule has 3 nitrogen and oxygen atoms in total. The van der Waals surface area contributed by atoms with E-state index in [4.69, 9.17) is 20.8 Å². The van der Waals surface area contributed by atoms with Crippen LogP contribution < -0.4 is 0 Å². The van der Waals surface area contributed by atoms with Crippen molar-refractivity contribution in [2.24, 2.45) is 11.8 Å². The van der Waals surface area contributed by atoms with Crippen LogP contribution in [-0.4, -0.2) is 22.6 Å². The number of ether oxygens (including phenoxy) is 1. The minimum absolute atomic E-state index is 0.0157. The number of fused-ring (bicyclic) bond motifs is 1. The van der Waals surface area contributed by atoms with Gasteiger partial charge in [0.25, 0.3) is 0 Å². The molecule has 3 rings (SSSR count). The van der Waals surface area contributed by atoms with Crippen LogP contribution in [0.5, 0.6) is 0 Å². The van der Waals surface area contributed by atoms with E-state index in [-0.39, 0.29) is 17.6 Å². The van der Waals surface area contributed by atoms with Crippen LogP contribution in [0.3, 0.4) is 0 Å². The SMILES string of the molecule is CC1OC(C)C(C(Cl)Cc2nc3ccccc3o2)C1C. The van der Waals surface area contributed by atoms with Crippen LogP contribution in [0.4, 0.5) is 0 Å². The molecule has 5 atom stereocenters. The van der Waals surface area contributed by atoms with Crippen molar-refractivity contribution in [2.45, 2.75) is 44.8 Å². The topological polar surface area (TPSA) is 35.3 Å². The lowest BCUT2D eigenvalue weighted by atomic mass is 9.85. The molecule has 1 aromatic carbocycles. The van der Waals surface area contributed by atoms with Gasteiger partial charge in [0.05, 0.1) is 12.2 Å². The molecule has 0 amide bonds. The fraction of sp³-hybridized carbons (Fsp3) is 0.562. The Morgan fingerprint density at radius 1 is 1.20 bits per heavy atom. The molecule has 0 radical (unpaired) electrons. The first-order valence-electron chi connectivity index (χ1n) is 7.20. The second-order valence-electron chi connectivity index (χ2n) is 5.78. The van der Waals surface area contributed by atoms with Crippen LogP contribution in [0, 0.1) is 11.8 Å².